The first kappa shape index (κ1) is 14.6. The number of nitriles is 1. The van der Waals surface area contributed by atoms with Crippen LogP contribution in [0.15, 0.2) is 30.5 Å². The van der Waals surface area contributed by atoms with Crippen LogP contribution in [-0.4, -0.2) is 4.98 Å². The van der Waals surface area contributed by atoms with E-state index in [-0.39, 0.29) is 28.5 Å². The SMILES string of the molecule is N#Cc1cc(Oc2c(F)c(F)c3[nH]ccc3c2C2CC2)ccc1F. The standard InChI is InChI=1S/C18H11F3N2O/c19-13-4-3-11(7-10(13)8-22)24-18-14(9-1-2-9)12-5-6-23-17(12)15(20)16(18)21/h3-7,9,23H,1-2H2. The molecule has 1 aliphatic rings. The summed E-state index contributed by atoms with van der Waals surface area (Å²) in [4.78, 5) is 2.71. The number of benzene rings is 2. The number of hydrogen-bond acceptors (Lipinski definition) is 2. The zero-order valence-corrected chi connectivity index (χ0v) is 12.4. The summed E-state index contributed by atoms with van der Waals surface area (Å²) < 4.78 is 47.8. The number of nitrogens with one attached hydrogen (secondary N) is 1. The van der Waals surface area contributed by atoms with Crippen molar-refractivity contribution in [3.05, 3.63) is 59.0 Å². The van der Waals surface area contributed by atoms with Crippen molar-refractivity contribution in [2.45, 2.75) is 18.8 Å². The highest BCUT2D eigenvalue weighted by Crippen LogP contribution is 2.50. The summed E-state index contributed by atoms with van der Waals surface area (Å²) >= 11 is 0. The third kappa shape index (κ3) is 2.21. The summed E-state index contributed by atoms with van der Waals surface area (Å²) in [5.41, 5.74) is 0.496. The number of H-pyrrole nitrogens is 1. The van der Waals surface area contributed by atoms with Gasteiger partial charge in [-0.2, -0.15) is 9.65 Å². The van der Waals surface area contributed by atoms with Crippen LogP contribution in [0.25, 0.3) is 10.9 Å². The highest BCUT2D eigenvalue weighted by Gasteiger charge is 2.33. The third-order valence-corrected chi connectivity index (χ3v) is 4.16. The molecule has 1 aliphatic carbocycles. The van der Waals surface area contributed by atoms with E-state index in [1.54, 1.807) is 18.3 Å². The molecule has 0 aliphatic heterocycles. The molecule has 6 heteroatoms. The predicted molar refractivity (Wildman–Crippen MR) is 81.4 cm³/mol. The van der Waals surface area contributed by atoms with E-state index < -0.39 is 17.5 Å². The number of ether oxygens (including phenoxy) is 1. The molecule has 3 aromatic rings. The van der Waals surface area contributed by atoms with Crippen LogP contribution in [0.1, 0.15) is 29.9 Å². The van der Waals surface area contributed by atoms with Crippen molar-refractivity contribution in [3.8, 4) is 17.6 Å². The van der Waals surface area contributed by atoms with Gasteiger partial charge in [0, 0.05) is 23.2 Å². The molecule has 1 heterocycles. The third-order valence-electron chi connectivity index (χ3n) is 4.16. The lowest BCUT2D eigenvalue weighted by Gasteiger charge is -2.14. The lowest BCUT2D eigenvalue weighted by atomic mass is 10.0. The van der Waals surface area contributed by atoms with Crippen molar-refractivity contribution in [3.63, 3.8) is 0 Å². The van der Waals surface area contributed by atoms with Crippen LogP contribution in [0.2, 0.25) is 0 Å². The lowest BCUT2D eigenvalue weighted by Crippen LogP contribution is -1.99. The van der Waals surface area contributed by atoms with Crippen LogP contribution in [0.3, 0.4) is 0 Å². The van der Waals surface area contributed by atoms with Crippen molar-refractivity contribution in [1.29, 1.82) is 5.26 Å². The van der Waals surface area contributed by atoms with E-state index >= 15 is 0 Å². The Bertz CT molecular complexity index is 1000. The molecule has 0 unspecified atom stereocenters. The molecule has 3 nitrogen and oxygen atoms in total. The van der Waals surface area contributed by atoms with Gasteiger partial charge in [0.05, 0.1) is 11.1 Å². The molecule has 4 rings (SSSR count). The molecule has 2 aromatic carbocycles. The summed E-state index contributed by atoms with van der Waals surface area (Å²) in [6.07, 6.45) is 3.29. The van der Waals surface area contributed by atoms with Crippen molar-refractivity contribution >= 4 is 10.9 Å². The molecule has 0 saturated heterocycles. The molecule has 0 radical (unpaired) electrons. The first-order chi connectivity index (χ1) is 11.6. The molecule has 1 N–H and O–H groups in total. The van der Waals surface area contributed by atoms with Gasteiger partial charge in [-0.3, -0.25) is 0 Å². The number of hydrogen-bond donors (Lipinski definition) is 1. The van der Waals surface area contributed by atoms with Crippen LogP contribution >= 0.6 is 0 Å². The van der Waals surface area contributed by atoms with Crippen molar-refractivity contribution in [2.24, 2.45) is 0 Å². The van der Waals surface area contributed by atoms with Gasteiger partial charge in [-0.25, -0.2) is 8.78 Å². The van der Waals surface area contributed by atoms with E-state index in [2.05, 4.69) is 4.98 Å². The molecule has 0 amide bonds. The molecule has 24 heavy (non-hydrogen) atoms. The van der Waals surface area contributed by atoms with E-state index in [9.17, 15) is 13.2 Å². The van der Waals surface area contributed by atoms with E-state index in [0.29, 0.717) is 10.9 Å². The average molecular weight is 328 g/mol. The van der Waals surface area contributed by atoms with E-state index in [1.807, 2.05) is 0 Å². The quantitative estimate of drug-likeness (QED) is 0.725. The number of aromatic nitrogens is 1. The topological polar surface area (TPSA) is 48.8 Å². The van der Waals surface area contributed by atoms with Crippen molar-refractivity contribution in [2.75, 3.05) is 0 Å². The Morgan fingerprint density at radius 1 is 1.12 bits per heavy atom. The van der Waals surface area contributed by atoms with Crippen LogP contribution in [0.4, 0.5) is 13.2 Å². The number of aromatic amines is 1. The Balaban J connectivity index is 1.89. The van der Waals surface area contributed by atoms with E-state index in [4.69, 9.17) is 10.00 Å². The van der Waals surface area contributed by atoms with Gasteiger partial charge in [0.1, 0.15) is 17.6 Å². The van der Waals surface area contributed by atoms with Gasteiger partial charge in [0.15, 0.2) is 11.6 Å². The zero-order valence-electron chi connectivity index (χ0n) is 12.4. The van der Waals surface area contributed by atoms with Gasteiger partial charge in [-0.05, 0) is 37.0 Å². The Morgan fingerprint density at radius 3 is 2.62 bits per heavy atom. The maximum Gasteiger partial charge on any atom is 0.203 e. The monoisotopic (exact) mass is 328 g/mol. The Morgan fingerprint density at radius 2 is 1.92 bits per heavy atom. The number of rotatable bonds is 3. The van der Waals surface area contributed by atoms with Gasteiger partial charge in [0.2, 0.25) is 5.82 Å². The highest BCUT2D eigenvalue weighted by molar-refractivity contribution is 5.87. The summed E-state index contributed by atoms with van der Waals surface area (Å²) in [5, 5.41) is 9.47. The predicted octanol–water partition coefficient (Wildman–Crippen LogP) is 5.13. The minimum Gasteiger partial charge on any atom is -0.454 e. The molecular formula is C18H11F3N2O. The maximum atomic E-state index is 14.5. The van der Waals surface area contributed by atoms with Gasteiger partial charge >= 0.3 is 0 Å². The lowest BCUT2D eigenvalue weighted by molar-refractivity contribution is 0.414. The van der Waals surface area contributed by atoms with Gasteiger partial charge in [-0.15, -0.1) is 0 Å². The maximum absolute atomic E-state index is 14.5. The Hall–Kier alpha value is -2.94. The second-order valence-corrected chi connectivity index (χ2v) is 5.77. The van der Waals surface area contributed by atoms with E-state index in [1.165, 1.54) is 12.1 Å². The summed E-state index contributed by atoms with van der Waals surface area (Å²) in [7, 11) is 0. The molecule has 0 bridgehead atoms. The van der Waals surface area contributed by atoms with E-state index in [0.717, 1.165) is 18.9 Å². The molecule has 0 spiro atoms. The summed E-state index contributed by atoms with van der Waals surface area (Å²) in [6.45, 7) is 0. The highest BCUT2D eigenvalue weighted by atomic mass is 19.2. The first-order valence-electron chi connectivity index (χ1n) is 7.45. The summed E-state index contributed by atoms with van der Waals surface area (Å²) in [5.74, 6) is -2.81. The van der Waals surface area contributed by atoms with Crippen molar-refractivity contribution in [1.82, 2.24) is 4.98 Å². The van der Waals surface area contributed by atoms with Gasteiger partial charge in [0.25, 0.3) is 0 Å². The Labute approximate surface area is 135 Å². The Kier molecular flexibility index (Phi) is 3.24. The van der Waals surface area contributed by atoms with Crippen LogP contribution < -0.4 is 4.74 Å². The molecule has 1 fully saturated rings. The first-order valence-corrected chi connectivity index (χ1v) is 7.45. The fourth-order valence-electron chi connectivity index (χ4n) is 2.87. The summed E-state index contributed by atoms with van der Waals surface area (Å²) in [6, 6.07) is 6.90. The minimum atomic E-state index is -1.09. The molecule has 120 valence electrons. The van der Waals surface area contributed by atoms with Gasteiger partial charge in [-0.1, -0.05) is 0 Å². The second-order valence-electron chi connectivity index (χ2n) is 5.77. The normalized spacial score (nSPS) is 13.9. The molecule has 1 saturated carbocycles. The number of fused-ring (bicyclic) bond motifs is 1. The average Bonchev–Trinajstić information content (AvgIpc) is 3.30. The minimum absolute atomic E-state index is 0.0861. The fraction of sp³-hybridized carbons (Fsp3) is 0.167. The smallest absolute Gasteiger partial charge is 0.203 e. The largest absolute Gasteiger partial charge is 0.454 e. The fourth-order valence-corrected chi connectivity index (χ4v) is 2.87. The molecule has 0 atom stereocenters. The van der Waals surface area contributed by atoms with Gasteiger partial charge < -0.3 is 9.72 Å². The molecule has 1 aromatic heterocycles. The van der Waals surface area contributed by atoms with Crippen LogP contribution in [0, 0.1) is 28.8 Å². The second kappa shape index (κ2) is 5.31. The number of halogens is 3. The zero-order chi connectivity index (χ0) is 16.8. The number of nitrogens with zero attached hydrogens (tertiary/aromatic N) is 1. The van der Waals surface area contributed by atoms with Crippen molar-refractivity contribution < 1.29 is 17.9 Å². The molecular weight excluding hydrogens is 317 g/mol. The van der Waals surface area contributed by atoms with Crippen LogP contribution in [0.5, 0.6) is 11.5 Å². The van der Waals surface area contributed by atoms with Crippen LogP contribution in [-0.2, 0) is 0 Å².